The zero-order chi connectivity index (χ0) is 62.3. The average Bonchev–Trinajstić information content (AvgIpc) is 2.38. The SMILES string of the molecule is CCCCCCCCCCCCC/C=C/CC/C=C/C(O)C(COC1OC(CO)C(OC2OC(CO)C(O)C(O)C2O)C(O)C1O)NC(=O)CCCCCCCCCCCCCCCCCCCCCCCCCCCCCCCCCCCCC. The molecule has 0 spiro atoms. The number of hydrogen-bond donors (Lipinski definition) is 9. The van der Waals surface area contributed by atoms with Crippen LogP contribution in [0.4, 0.5) is 0 Å². The van der Waals surface area contributed by atoms with Gasteiger partial charge in [-0.2, -0.15) is 0 Å². The summed E-state index contributed by atoms with van der Waals surface area (Å²) in [6, 6.07) is -0.929. The Morgan fingerprint density at radius 3 is 1.14 bits per heavy atom. The molecule has 2 saturated heterocycles. The van der Waals surface area contributed by atoms with Crippen molar-refractivity contribution in [1.29, 1.82) is 0 Å². The maximum atomic E-state index is 13.3. The van der Waals surface area contributed by atoms with Crippen LogP contribution in [0, 0.1) is 0 Å². The number of hydrogen-bond acceptors (Lipinski definition) is 13. The molecule has 2 rings (SSSR count). The number of nitrogens with one attached hydrogen (secondary N) is 1. The van der Waals surface area contributed by atoms with Crippen LogP contribution in [0.25, 0.3) is 0 Å². The molecular weight excluding hydrogens is 1090 g/mol. The fourth-order valence-electron chi connectivity index (χ4n) is 12.3. The van der Waals surface area contributed by atoms with Gasteiger partial charge in [0.1, 0.15) is 48.8 Å². The third kappa shape index (κ3) is 41.1. The first-order valence-electron chi connectivity index (χ1n) is 36.6. The molecule has 9 N–H and O–H groups in total. The number of carbonyl (C=O) groups excluding carboxylic acids is 1. The van der Waals surface area contributed by atoms with Gasteiger partial charge in [-0.15, -0.1) is 0 Å². The zero-order valence-electron chi connectivity index (χ0n) is 55.3. The minimum absolute atomic E-state index is 0.242. The van der Waals surface area contributed by atoms with Crippen LogP contribution < -0.4 is 5.32 Å². The van der Waals surface area contributed by atoms with E-state index in [-0.39, 0.29) is 18.9 Å². The molecule has 2 fully saturated rings. The van der Waals surface area contributed by atoms with E-state index in [9.17, 15) is 45.6 Å². The number of aliphatic hydroxyl groups excluding tert-OH is 8. The lowest BCUT2D eigenvalue weighted by molar-refractivity contribution is -0.359. The highest BCUT2D eigenvalue weighted by molar-refractivity contribution is 5.76. The Bertz CT molecular complexity index is 1540. The summed E-state index contributed by atoms with van der Waals surface area (Å²) in [6.07, 6.45) is 55.5. The molecule has 0 aliphatic carbocycles. The van der Waals surface area contributed by atoms with Crippen LogP contribution in [-0.2, 0) is 23.7 Å². The Balaban J connectivity index is 1.60. The first-order valence-corrected chi connectivity index (χ1v) is 36.6. The van der Waals surface area contributed by atoms with Gasteiger partial charge in [-0.25, -0.2) is 0 Å². The highest BCUT2D eigenvalue weighted by atomic mass is 16.7. The molecule has 0 radical (unpaired) electrons. The van der Waals surface area contributed by atoms with E-state index >= 15 is 0 Å². The van der Waals surface area contributed by atoms with Gasteiger partial charge < -0.3 is 65.1 Å². The second kappa shape index (κ2) is 57.4. The highest BCUT2D eigenvalue weighted by Crippen LogP contribution is 2.30. The maximum Gasteiger partial charge on any atom is 0.220 e. The van der Waals surface area contributed by atoms with E-state index in [1.165, 1.54) is 270 Å². The Kier molecular flexibility index (Phi) is 53.7. The summed E-state index contributed by atoms with van der Waals surface area (Å²) >= 11 is 0. The van der Waals surface area contributed by atoms with E-state index in [1.54, 1.807) is 6.08 Å². The van der Waals surface area contributed by atoms with Crippen LogP contribution in [0.5, 0.6) is 0 Å². The molecule has 1 amide bonds. The lowest BCUT2D eigenvalue weighted by Gasteiger charge is -2.46. The molecule has 14 nitrogen and oxygen atoms in total. The molecule has 0 bridgehead atoms. The summed E-state index contributed by atoms with van der Waals surface area (Å²) in [6.45, 7) is 2.83. The molecule has 12 unspecified atom stereocenters. The van der Waals surface area contributed by atoms with Crippen LogP contribution in [0.1, 0.15) is 335 Å². The van der Waals surface area contributed by atoms with E-state index in [2.05, 4.69) is 31.3 Å². The topological polar surface area (TPSA) is 228 Å². The Morgan fingerprint density at radius 2 is 0.744 bits per heavy atom. The first kappa shape index (κ1) is 80.6. The van der Waals surface area contributed by atoms with Gasteiger partial charge in [-0.05, 0) is 32.1 Å². The minimum Gasteiger partial charge on any atom is -0.394 e. The number of aliphatic hydroxyl groups is 8. The average molecular weight is 1220 g/mol. The van der Waals surface area contributed by atoms with Crippen molar-refractivity contribution in [2.45, 2.75) is 408 Å². The van der Waals surface area contributed by atoms with Gasteiger partial charge in [0.2, 0.25) is 5.91 Å². The second-order valence-electron chi connectivity index (χ2n) is 26.1. The zero-order valence-corrected chi connectivity index (χ0v) is 55.3. The van der Waals surface area contributed by atoms with Gasteiger partial charge in [0, 0.05) is 6.42 Å². The van der Waals surface area contributed by atoms with Gasteiger partial charge in [0.25, 0.3) is 0 Å². The van der Waals surface area contributed by atoms with Gasteiger partial charge in [0.05, 0.1) is 32.0 Å². The van der Waals surface area contributed by atoms with E-state index in [4.69, 9.17) is 18.9 Å². The smallest absolute Gasteiger partial charge is 0.220 e. The Hall–Kier alpha value is -1.53. The molecule has 2 aliphatic heterocycles. The van der Waals surface area contributed by atoms with Crippen molar-refractivity contribution < 1.29 is 64.6 Å². The molecule has 0 saturated carbocycles. The van der Waals surface area contributed by atoms with Crippen molar-refractivity contribution in [3.63, 3.8) is 0 Å². The number of ether oxygens (including phenoxy) is 4. The third-order valence-electron chi connectivity index (χ3n) is 18.1. The van der Waals surface area contributed by atoms with Gasteiger partial charge in [-0.3, -0.25) is 4.79 Å². The van der Waals surface area contributed by atoms with Crippen molar-refractivity contribution in [3.8, 4) is 0 Å². The number of amides is 1. The van der Waals surface area contributed by atoms with Crippen molar-refractivity contribution in [2.24, 2.45) is 0 Å². The Morgan fingerprint density at radius 1 is 0.407 bits per heavy atom. The molecule has 2 heterocycles. The fraction of sp³-hybridized carbons (Fsp3) is 0.931. The van der Waals surface area contributed by atoms with Crippen molar-refractivity contribution in [1.82, 2.24) is 5.32 Å². The summed E-state index contributed by atoms with van der Waals surface area (Å²) in [7, 11) is 0. The molecule has 508 valence electrons. The van der Waals surface area contributed by atoms with Crippen molar-refractivity contribution in [2.75, 3.05) is 19.8 Å². The fourth-order valence-corrected chi connectivity index (χ4v) is 12.3. The lowest BCUT2D eigenvalue weighted by atomic mass is 9.97. The van der Waals surface area contributed by atoms with Crippen molar-refractivity contribution >= 4 is 5.91 Å². The molecule has 0 aromatic rings. The number of allylic oxidation sites excluding steroid dienone is 3. The normalized spacial score (nSPS) is 23.5. The molecule has 12 atom stereocenters. The van der Waals surface area contributed by atoms with Gasteiger partial charge in [-0.1, -0.05) is 321 Å². The number of rotatable bonds is 61. The minimum atomic E-state index is -1.79. The summed E-state index contributed by atoms with van der Waals surface area (Å²) in [5.41, 5.74) is 0. The van der Waals surface area contributed by atoms with Crippen LogP contribution in [0.3, 0.4) is 0 Å². The Labute approximate surface area is 526 Å². The monoisotopic (exact) mass is 1220 g/mol. The van der Waals surface area contributed by atoms with Crippen LogP contribution in [0.15, 0.2) is 24.3 Å². The standard InChI is InChI=1S/C72H137NO13/c1-3-5-7-9-11-13-15-17-19-21-22-23-24-25-26-27-28-29-30-31-32-33-34-35-36-37-38-40-42-44-46-48-50-52-54-56-64(77)73-60(61(76)55-53-51-49-47-45-43-41-39-20-18-16-14-12-10-8-6-4-2)59-83-71-69(82)67(80)70(63(58-75)85-71)86-72-68(81)66(79)65(78)62(57-74)84-72/h45,47,53,55,60-63,65-72,74-76,78-82H,3-44,46,48-52,54,56-59H2,1-2H3,(H,73,77)/b47-45+,55-53+. The molecular formula is C72H137NO13. The second-order valence-corrected chi connectivity index (χ2v) is 26.1. The molecule has 2 aliphatic rings. The largest absolute Gasteiger partial charge is 0.394 e. The first-order chi connectivity index (χ1) is 42.1. The van der Waals surface area contributed by atoms with Crippen LogP contribution in [0.2, 0.25) is 0 Å². The molecule has 0 aromatic carbocycles. The van der Waals surface area contributed by atoms with Gasteiger partial charge in [0.15, 0.2) is 12.6 Å². The maximum absolute atomic E-state index is 13.3. The van der Waals surface area contributed by atoms with E-state index in [0.29, 0.717) is 12.8 Å². The molecule has 0 aromatic heterocycles. The number of unbranched alkanes of at least 4 members (excludes halogenated alkanes) is 46. The lowest BCUT2D eigenvalue weighted by Crippen LogP contribution is -2.65. The van der Waals surface area contributed by atoms with Crippen LogP contribution >= 0.6 is 0 Å². The number of carbonyl (C=O) groups is 1. The predicted octanol–water partition coefficient (Wildman–Crippen LogP) is 15.1. The van der Waals surface area contributed by atoms with Crippen molar-refractivity contribution in [3.05, 3.63) is 24.3 Å². The van der Waals surface area contributed by atoms with Gasteiger partial charge >= 0.3 is 0 Å². The summed E-state index contributed by atoms with van der Waals surface area (Å²) in [5.74, 6) is -0.242. The quantitative estimate of drug-likeness (QED) is 0.0204. The molecule has 14 heteroatoms. The third-order valence-corrected chi connectivity index (χ3v) is 18.1. The van der Waals surface area contributed by atoms with E-state index in [0.717, 1.165) is 32.1 Å². The van der Waals surface area contributed by atoms with E-state index in [1.807, 2.05) is 6.08 Å². The summed E-state index contributed by atoms with van der Waals surface area (Å²) in [4.78, 5) is 13.3. The van der Waals surface area contributed by atoms with Crippen LogP contribution in [-0.4, -0.2) is 140 Å². The summed E-state index contributed by atoms with van der Waals surface area (Å²) in [5, 5.41) is 87.3. The predicted molar refractivity (Wildman–Crippen MR) is 351 cm³/mol. The van der Waals surface area contributed by atoms with E-state index < -0.39 is 86.8 Å². The summed E-state index contributed by atoms with van der Waals surface area (Å²) < 4.78 is 22.8. The molecule has 86 heavy (non-hydrogen) atoms. The highest BCUT2D eigenvalue weighted by Gasteiger charge is 2.51.